The molecule has 0 heterocycles. The van der Waals surface area contributed by atoms with Crippen molar-refractivity contribution in [1.29, 1.82) is 0 Å². The molecule has 0 aliphatic rings. The van der Waals surface area contributed by atoms with E-state index in [1.165, 1.54) is 22.0 Å². The summed E-state index contributed by atoms with van der Waals surface area (Å²) in [5.74, 6) is 0.718. The van der Waals surface area contributed by atoms with Gasteiger partial charge in [-0.25, -0.2) is 8.42 Å². The maximum Gasteiger partial charge on any atom is 0.264 e. The molecule has 7 heteroatoms. The molecule has 0 aliphatic carbocycles. The summed E-state index contributed by atoms with van der Waals surface area (Å²) in [6, 6.07) is 22.7. The molecule has 0 saturated carbocycles. The Bertz CT molecular complexity index is 1130. The number of carbonyl (C=O) groups is 1. The average Bonchev–Trinajstić information content (AvgIpc) is 2.79. The van der Waals surface area contributed by atoms with Crippen LogP contribution in [0, 0.1) is 0 Å². The molecule has 168 valence electrons. The van der Waals surface area contributed by atoms with Gasteiger partial charge in [-0.3, -0.25) is 9.10 Å². The smallest absolute Gasteiger partial charge is 0.264 e. The maximum absolute atomic E-state index is 13.0. The zero-order valence-corrected chi connectivity index (χ0v) is 19.3. The van der Waals surface area contributed by atoms with E-state index in [9.17, 15) is 13.2 Å². The van der Waals surface area contributed by atoms with Crippen molar-refractivity contribution in [3.8, 4) is 5.75 Å². The predicted molar refractivity (Wildman–Crippen MR) is 128 cm³/mol. The van der Waals surface area contributed by atoms with Gasteiger partial charge in [-0.2, -0.15) is 0 Å². The van der Waals surface area contributed by atoms with E-state index in [0.717, 1.165) is 0 Å². The van der Waals surface area contributed by atoms with Crippen LogP contribution >= 0.6 is 0 Å². The number of nitrogens with one attached hydrogen (secondary N) is 1. The summed E-state index contributed by atoms with van der Waals surface area (Å²) >= 11 is 0. The van der Waals surface area contributed by atoms with Gasteiger partial charge in [0.25, 0.3) is 15.9 Å². The Hall–Kier alpha value is -3.32. The van der Waals surface area contributed by atoms with Gasteiger partial charge >= 0.3 is 0 Å². The zero-order valence-electron chi connectivity index (χ0n) is 18.5. The van der Waals surface area contributed by atoms with Gasteiger partial charge in [-0.05, 0) is 66.9 Å². The van der Waals surface area contributed by atoms with E-state index in [1.807, 2.05) is 30.3 Å². The molecule has 0 atom stereocenters. The Kier molecular flexibility index (Phi) is 7.53. The molecule has 1 N–H and O–H groups in total. The molecule has 3 aromatic rings. The highest BCUT2D eigenvalue weighted by Crippen LogP contribution is 2.24. The number of hydrogen-bond donors (Lipinski definition) is 1. The van der Waals surface area contributed by atoms with Crippen LogP contribution < -0.4 is 14.4 Å². The molecule has 0 bridgehead atoms. The molecular formula is C25H28N2O4S. The Morgan fingerprint density at radius 3 is 2.12 bits per heavy atom. The third kappa shape index (κ3) is 5.68. The highest BCUT2D eigenvalue weighted by Gasteiger charge is 2.23. The Balaban J connectivity index is 1.61. The van der Waals surface area contributed by atoms with Crippen molar-refractivity contribution in [2.75, 3.05) is 22.8 Å². The van der Waals surface area contributed by atoms with Crippen molar-refractivity contribution in [1.82, 2.24) is 0 Å². The third-order valence-electron chi connectivity index (χ3n) is 4.97. The molecule has 3 rings (SSSR count). The molecule has 3 aromatic carbocycles. The first-order chi connectivity index (χ1) is 15.3. The number of ether oxygens (including phenoxy) is 1. The minimum absolute atomic E-state index is 0.140. The van der Waals surface area contributed by atoms with Crippen molar-refractivity contribution >= 4 is 27.3 Å². The van der Waals surface area contributed by atoms with Crippen LogP contribution in [0.5, 0.6) is 5.75 Å². The molecule has 0 unspecified atom stereocenters. The normalized spacial score (nSPS) is 11.2. The van der Waals surface area contributed by atoms with Crippen LogP contribution in [0.4, 0.5) is 11.4 Å². The van der Waals surface area contributed by atoms with Gasteiger partial charge in [0.15, 0.2) is 6.61 Å². The minimum atomic E-state index is -3.71. The van der Waals surface area contributed by atoms with Crippen LogP contribution in [0.15, 0.2) is 83.8 Å². The largest absolute Gasteiger partial charge is 0.484 e. The molecule has 0 fully saturated rings. The van der Waals surface area contributed by atoms with Crippen LogP contribution in [0.3, 0.4) is 0 Å². The molecule has 0 radical (unpaired) electrons. The van der Waals surface area contributed by atoms with Crippen molar-refractivity contribution < 1.29 is 17.9 Å². The highest BCUT2D eigenvalue weighted by molar-refractivity contribution is 7.92. The van der Waals surface area contributed by atoms with Crippen molar-refractivity contribution in [3.63, 3.8) is 0 Å². The lowest BCUT2D eigenvalue weighted by Crippen LogP contribution is -2.30. The molecule has 0 aliphatic heterocycles. The number of sulfonamides is 1. The summed E-state index contributed by atoms with van der Waals surface area (Å²) in [5, 5.41) is 2.72. The van der Waals surface area contributed by atoms with Gasteiger partial charge in [-0.1, -0.05) is 44.2 Å². The van der Waals surface area contributed by atoms with Crippen LogP contribution in [-0.2, 0) is 14.8 Å². The molecule has 0 saturated heterocycles. The van der Waals surface area contributed by atoms with Crippen LogP contribution in [-0.4, -0.2) is 27.5 Å². The molecule has 0 aromatic heterocycles. The quantitative estimate of drug-likeness (QED) is 0.493. The first-order valence-corrected chi connectivity index (χ1v) is 12.0. The number of anilines is 2. The first kappa shape index (κ1) is 23.3. The lowest BCUT2D eigenvalue weighted by Gasteiger charge is -2.23. The fraction of sp³-hybridized carbons (Fsp3) is 0.240. The standard InChI is InChI=1S/C25H28N2O4S/c1-4-27(22-8-6-5-7-9-22)32(29,30)24-16-12-21(13-17-24)26-25(28)18-31-23-14-10-20(11-15-23)19(2)3/h5-17,19H,4,18H2,1-3H3,(H,26,28). The monoisotopic (exact) mass is 452 g/mol. The molecular weight excluding hydrogens is 424 g/mol. The minimum Gasteiger partial charge on any atom is -0.484 e. The first-order valence-electron chi connectivity index (χ1n) is 10.5. The zero-order chi connectivity index (χ0) is 23.1. The summed E-state index contributed by atoms with van der Waals surface area (Å²) in [7, 11) is -3.71. The second-order valence-corrected chi connectivity index (χ2v) is 9.45. The van der Waals surface area contributed by atoms with Gasteiger partial charge in [0.2, 0.25) is 0 Å². The van der Waals surface area contributed by atoms with Crippen LogP contribution in [0.1, 0.15) is 32.3 Å². The predicted octanol–water partition coefficient (Wildman–Crippen LogP) is 5.04. The van der Waals surface area contributed by atoms with Crippen LogP contribution in [0.2, 0.25) is 0 Å². The van der Waals surface area contributed by atoms with E-state index >= 15 is 0 Å². The van der Waals surface area contributed by atoms with Crippen molar-refractivity contribution in [2.45, 2.75) is 31.6 Å². The van der Waals surface area contributed by atoms with Gasteiger partial charge < -0.3 is 10.1 Å². The lowest BCUT2D eigenvalue weighted by molar-refractivity contribution is -0.118. The summed E-state index contributed by atoms with van der Waals surface area (Å²) in [6.45, 7) is 6.18. The van der Waals surface area contributed by atoms with E-state index in [4.69, 9.17) is 4.74 Å². The van der Waals surface area contributed by atoms with E-state index < -0.39 is 10.0 Å². The summed E-state index contributed by atoms with van der Waals surface area (Å²) < 4.78 is 33.0. The molecule has 32 heavy (non-hydrogen) atoms. The number of para-hydroxylation sites is 1. The molecule has 0 spiro atoms. The van der Waals surface area contributed by atoms with E-state index in [0.29, 0.717) is 29.6 Å². The van der Waals surface area contributed by atoms with Crippen molar-refractivity contribution in [2.24, 2.45) is 0 Å². The topological polar surface area (TPSA) is 75.7 Å². The van der Waals surface area contributed by atoms with Gasteiger partial charge in [0.1, 0.15) is 5.75 Å². The fourth-order valence-corrected chi connectivity index (χ4v) is 4.69. The number of hydrogen-bond acceptors (Lipinski definition) is 4. The van der Waals surface area contributed by atoms with Gasteiger partial charge in [0, 0.05) is 12.2 Å². The Morgan fingerprint density at radius 2 is 1.56 bits per heavy atom. The lowest BCUT2D eigenvalue weighted by atomic mass is 10.0. The molecule has 6 nitrogen and oxygen atoms in total. The van der Waals surface area contributed by atoms with E-state index in [1.54, 1.807) is 43.3 Å². The van der Waals surface area contributed by atoms with Crippen LogP contribution in [0.25, 0.3) is 0 Å². The maximum atomic E-state index is 13.0. The molecule has 1 amide bonds. The number of carbonyl (C=O) groups excluding carboxylic acids is 1. The van der Waals surface area contributed by atoms with E-state index in [2.05, 4.69) is 19.2 Å². The third-order valence-corrected chi connectivity index (χ3v) is 6.89. The van der Waals surface area contributed by atoms with Crippen molar-refractivity contribution in [3.05, 3.63) is 84.4 Å². The number of nitrogens with zero attached hydrogens (tertiary/aromatic N) is 1. The second-order valence-electron chi connectivity index (χ2n) is 7.59. The second kappa shape index (κ2) is 10.3. The Morgan fingerprint density at radius 1 is 0.938 bits per heavy atom. The summed E-state index contributed by atoms with van der Waals surface area (Å²) in [5.41, 5.74) is 2.30. The highest BCUT2D eigenvalue weighted by atomic mass is 32.2. The number of amides is 1. The van der Waals surface area contributed by atoms with Gasteiger partial charge in [0.05, 0.1) is 10.6 Å². The van der Waals surface area contributed by atoms with E-state index in [-0.39, 0.29) is 17.4 Å². The summed E-state index contributed by atoms with van der Waals surface area (Å²) in [6.07, 6.45) is 0. The Labute approximate surface area is 189 Å². The fourth-order valence-electron chi connectivity index (χ4n) is 3.22. The van der Waals surface area contributed by atoms with Gasteiger partial charge in [-0.15, -0.1) is 0 Å². The SMILES string of the molecule is CCN(c1ccccc1)S(=O)(=O)c1ccc(NC(=O)COc2ccc(C(C)C)cc2)cc1. The number of rotatable bonds is 9. The summed E-state index contributed by atoms with van der Waals surface area (Å²) in [4.78, 5) is 12.4. The average molecular weight is 453 g/mol. The number of benzene rings is 3.